The van der Waals surface area contributed by atoms with E-state index in [1.165, 1.54) is 12.4 Å². The lowest BCUT2D eigenvalue weighted by Crippen LogP contribution is -2.24. The molecule has 0 saturated carbocycles. The van der Waals surface area contributed by atoms with Crippen molar-refractivity contribution >= 4 is 23.3 Å². The summed E-state index contributed by atoms with van der Waals surface area (Å²) in [6.45, 7) is 0.307. The highest BCUT2D eigenvalue weighted by atomic mass is 35.5. The van der Waals surface area contributed by atoms with Crippen molar-refractivity contribution in [2.75, 3.05) is 12.4 Å². The van der Waals surface area contributed by atoms with Crippen molar-refractivity contribution in [2.45, 2.75) is 6.54 Å². The van der Waals surface area contributed by atoms with E-state index in [0.29, 0.717) is 17.4 Å². The second-order valence-corrected chi connectivity index (χ2v) is 5.14. The molecule has 0 saturated heterocycles. The van der Waals surface area contributed by atoms with Crippen LogP contribution in [0.15, 0.2) is 54.4 Å². The first kappa shape index (κ1) is 17.3. The summed E-state index contributed by atoms with van der Waals surface area (Å²) in [4.78, 5) is 16.1. The number of aromatic nitrogens is 1. The normalized spacial score (nSPS) is 10.6. The first-order chi connectivity index (χ1) is 11.6. The molecule has 7 heteroatoms. The predicted octanol–water partition coefficient (Wildman–Crippen LogP) is 2.88. The van der Waals surface area contributed by atoms with Crippen LogP contribution in [-0.4, -0.2) is 18.0 Å². The van der Waals surface area contributed by atoms with Crippen molar-refractivity contribution in [2.24, 2.45) is 0 Å². The first-order valence-electron chi connectivity index (χ1n) is 7.02. The SMILES string of the molecule is COc1ccc(CNC(=O)/C(C#N)=C\Nc2ccc(Cl)cn2)cc1. The molecule has 1 aromatic carbocycles. The fourth-order valence-corrected chi connectivity index (χ4v) is 1.89. The van der Waals surface area contributed by atoms with Gasteiger partial charge in [-0.1, -0.05) is 23.7 Å². The fraction of sp³-hybridized carbons (Fsp3) is 0.118. The van der Waals surface area contributed by atoms with Gasteiger partial charge >= 0.3 is 0 Å². The number of carbonyl (C=O) groups is 1. The van der Waals surface area contributed by atoms with E-state index >= 15 is 0 Å². The van der Waals surface area contributed by atoms with Gasteiger partial charge in [-0.2, -0.15) is 5.26 Å². The first-order valence-corrected chi connectivity index (χ1v) is 7.39. The monoisotopic (exact) mass is 342 g/mol. The smallest absolute Gasteiger partial charge is 0.263 e. The van der Waals surface area contributed by atoms with Crippen molar-refractivity contribution in [3.05, 3.63) is 65.0 Å². The molecular weight excluding hydrogens is 328 g/mol. The van der Waals surface area contributed by atoms with Gasteiger partial charge in [-0.25, -0.2) is 4.98 Å². The van der Waals surface area contributed by atoms with E-state index in [2.05, 4.69) is 15.6 Å². The van der Waals surface area contributed by atoms with E-state index < -0.39 is 5.91 Å². The zero-order chi connectivity index (χ0) is 17.4. The number of halogens is 1. The Labute approximate surface area is 144 Å². The molecule has 0 spiro atoms. The van der Waals surface area contributed by atoms with Crippen molar-refractivity contribution < 1.29 is 9.53 Å². The van der Waals surface area contributed by atoms with Crippen molar-refractivity contribution in [1.82, 2.24) is 10.3 Å². The number of nitrogens with zero attached hydrogens (tertiary/aromatic N) is 2. The number of nitriles is 1. The molecular formula is C17H15ClN4O2. The Morgan fingerprint density at radius 2 is 2.08 bits per heavy atom. The Kier molecular flexibility index (Phi) is 6.17. The number of nitrogens with one attached hydrogen (secondary N) is 2. The summed E-state index contributed by atoms with van der Waals surface area (Å²) in [5.41, 5.74) is 0.842. The molecule has 0 unspecified atom stereocenters. The van der Waals surface area contributed by atoms with Gasteiger partial charge in [0.2, 0.25) is 0 Å². The average Bonchev–Trinajstić information content (AvgIpc) is 2.62. The molecule has 1 aromatic heterocycles. The number of ether oxygens (including phenoxy) is 1. The van der Waals surface area contributed by atoms with Crippen LogP contribution in [0.1, 0.15) is 5.56 Å². The number of rotatable bonds is 6. The van der Waals surface area contributed by atoms with Gasteiger partial charge in [0.05, 0.1) is 12.1 Å². The molecule has 0 fully saturated rings. The van der Waals surface area contributed by atoms with Crippen LogP contribution >= 0.6 is 11.6 Å². The molecule has 0 aliphatic carbocycles. The Morgan fingerprint density at radius 3 is 2.67 bits per heavy atom. The molecule has 0 aliphatic rings. The summed E-state index contributed by atoms with van der Waals surface area (Å²) in [6, 6.07) is 12.4. The molecule has 0 bridgehead atoms. The standard InChI is InChI=1S/C17H15ClN4O2/c1-24-15-5-2-12(3-6-15)9-22-17(23)13(8-19)10-20-16-7-4-14(18)11-21-16/h2-7,10-11H,9H2,1H3,(H,20,21)(H,22,23)/b13-10-. The zero-order valence-corrected chi connectivity index (χ0v) is 13.7. The van der Waals surface area contributed by atoms with Gasteiger partial charge in [-0.15, -0.1) is 0 Å². The average molecular weight is 343 g/mol. The lowest BCUT2D eigenvalue weighted by molar-refractivity contribution is -0.117. The van der Waals surface area contributed by atoms with Crippen LogP contribution in [0.25, 0.3) is 0 Å². The zero-order valence-electron chi connectivity index (χ0n) is 12.9. The van der Waals surface area contributed by atoms with E-state index in [4.69, 9.17) is 21.6 Å². The van der Waals surface area contributed by atoms with E-state index in [1.54, 1.807) is 31.4 Å². The maximum Gasteiger partial charge on any atom is 0.263 e. The van der Waals surface area contributed by atoms with Gasteiger partial charge in [0.25, 0.3) is 5.91 Å². The summed E-state index contributed by atoms with van der Waals surface area (Å²) in [5, 5.41) is 15.1. The fourth-order valence-electron chi connectivity index (χ4n) is 1.78. The number of anilines is 1. The molecule has 1 heterocycles. The number of hydrogen-bond acceptors (Lipinski definition) is 5. The molecule has 1 amide bonds. The molecule has 0 aliphatic heterocycles. The molecule has 0 radical (unpaired) electrons. The van der Waals surface area contributed by atoms with Crippen LogP contribution < -0.4 is 15.4 Å². The van der Waals surface area contributed by atoms with E-state index in [9.17, 15) is 4.79 Å². The molecule has 6 nitrogen and oxygen atoms in total. The van der Waals surface area contributed by atoms with E-state index in [0.717, 1.165) is 11.3 Å². The third-order valence-corrected chi connectivity index (χ3v) is 3.29. The summed E-state index contributed by atoms with van der Waals surface area (Å²) in [5.74, 6) is 0.743. The Balaban J connectivity index is 1.93. The van der Waals surface area contributed by atoms with Crippen molar-refractivity contribution in [3.8, 4) is 11.8 Å². The Hall–Kier alpha value is -3.04. The Morgan fingerprint density at radius 1 is 1.33 bits per heavy atom. The minimum Gasteiger partial charge on any atom is -0.497 e. The Bertz CT molecular complexity index is 765. The van der Waals surface area contributed by atoms with Crippen LogP contribution in [0.2, 0.25) is 5.02 Å². The summed E-state index contributed by atoms with van der Waals surface area (Å²) >= 11 is 5.74. The van der Waals surface area contributed by atoms with Gasteiger partial charge in [0.15, 0.2) is 0 Å². The van der Waals surface area contributed by atoms with Gasteiger partial charge in [-0.05, 0) is 29.8 Å². The number of carbonyl (C=O) groups excluding carboxylic acids is 1. The van der Waals surface area contributed by atoms with E-state index in [1.807, 2.05) is 18.2 Å². The number of pyridine rings is 1. The highest BCUT2D eigenvalue weighted by Gasteiger charge is 2.08. The van der Waals surface area contributed by atoms with Crippen molar-refractivity contribution in [1.29, 1.82) is 5.26 Å². The van der Waals surface area contributed by atoms with Gasteiger partial charge in [0, 0.05) is 18.9 Å². The number of benzene rings is 1. The van der Waals surface area contributed by atoms with Crippen LogP contribution in [0, 0.1) is 11.3 Å². The molecule has 2 aromatic rings. The lowest BCUT2D eigenvalue weighted by atomic mass is 10.2. The van der Waals surface area contributed by atoms with Gasteiger partial charge < -0.3 is 15.4 Å². The number of methoxy groups -OCH3 is 1. The van der Waals surface area contributed by atoms with Crippen LogP contribution in [0.3, 0.4) is 0 Å². The summed E-state index contributed by atoms with van der Waals surface area (Å²) < 4.78 is 5.07. The molecule has 122 valence electrons. The van der Waals surface area contributed by atoms with Crippen molar-refractivity contribution in [3.63, 3.8) is 0 Å². The number of amides is 1. The highest BCUT2D eigenvalue weighted by molar-refractivity contribution is 6.30. The largest absolute Gasteiger partial charge is 0.497 e. The minimum atomic E-state index is -0.477. The third-order valence-electron chi connectivity index (χ3n) is 3.07. The summed E-state index contributed by atoms with van der Waals surface area (Å²) in [7, 11) is 1.59. The van der Waals surface area contributed by atoms with E-state index in [-0.39, 0.29) is 5.57 Å². The molecule has 0 atom stereocenters. The second-order valence-electron chi connectivity index (χ2n) is 4.71. The topological polar surface area (TPSA) is 87.0 Å². The van der Waals surface area contributed by atoms with Crippen LogP contribution in [0.5, 0.6) is 5.75 Å². The van der Waals surface area contributed by atoms with Gasteiger partial charge in [-0.3, -0.25) is 4.79 Å². The minimum absolute atomic E-state index is 0.0553. The van der Waals surface area contributed by atoms with Gasteiger partial charge in [0.1, 0.15) is 23.2 Å². The highest BCUT2D eigenvalue weighted by Crippen LogP contribution is 2.12. The lowest BCUT2D eigenvalue weighted by Gasteiger charge is -2.06. The quantitative estimate of drug-likeness (QED) is 0.622. The summed E-state index contributed by atoms with van der Waals surface area (Å²) in [6.07, 6.45) is 2.77. The molecule has 24 heavy (non-hydrogen) atoms. The predicted molar refractivity (Wildman–Crippen MR) is 91.4 cm³/mol. The maximum atomic E-state index is 12.0. The molecule has 2 rings (SSSR count). The van der Waals surface area contributed by atoms with Crippen LogP contribution in [-0.2, 0) is 11.3 Å². The third kappa shape index (κ3) is 5.00. The maximum absolute atomic E-state index is 12.0. The second kappa shape index (κ2) is 8.56. The molecule has 2 N–H and O–H groups in total. The van der Waals surface area contributed by atoms with Crippen LogP contribution in [0.4, 0.5) is 5.82 Å². The number of hydrogen-bond donors (Lipinski definition) is 2.